The molecule has 2 aromatic carbocycles. The minimum Gasteiger partial charge on any atom is -0.692 e. The third kappa shape index (κ3) is 5.56. The molecule has 0 amide bonds. The Hall–Kier alpha value is -0.947. The van der Waals surface area contributed by atoms with E-state index < -0.39 is 11.9 Å². The van der Waals surface area contributed by atoms with Crippen LogP contribution in [0.25, 0.3) is 22.1 Å². The second-order valence-electron chi connectivity index (χ2n) is 4.99. The number of aromatic carboxylic acids is 2. The molecule has 0 atom stereocenters. The molecular formula is C14H8K2N6O6. The van der Waals surface area contributed by atoms with Gasteiger partial charge in [0.25, 0.3) is 0 Å². The number of H-pyrrole nitrogens is 2. The van der Waals surface area contributed by atoms with E-state index in [1.165, 1.54) is 36.4 Å². The predicted molar refractivity (Wildman–Crippen MR) is 78.8 cm³/mol. The number of carbonyl (C=O) groups excluding carboxylic acids is 2. The maximum Gasteiger partial charge on any atom is 1.00 e. The maximum absolute atomic E-state index is 10.9. The van der Waals surface area contributed by atoms with Crippen LogP contribution in [0.2, 0.25) is 0 Å². The van der Waals surface area contributed by atoms with Gasteiger partial charge in [-0.2, -0.15) is 9.69 Å². The molecule has 2 N–H and O–H groups in total. The van der Waals surface area contributed by atoms with Crippen molar-refractivity contribution >= 4 is 34.0 Å². The SMILES string of the molecule is O=C([O-])c1ccc2n[nH][n+]([O-])c2c1.O=C([O-])c1ccc2n[nH][n+]([O-])c2c1.[K+].[K+]. The second kappa shape index (κ2) is 10.7. The number of carbonyl (C=O) groups is 2. The molecule has 132 valence electrons. The zero-order valence-electron chi connectivity index (χ0n) is 14.7. The van der Waals surface area contributed by atoms with Gasteiger partial charge in [0.1, 0.15) is 0 Å². The van der Waals surface area contributed by atoms with Gasteiger partial charge in [-0.05, 0) is 24.3 Å². The van der Waals surface area contributed by atoms with E-state index >= 15 is 0 Å². The van der Waals surface area contributed by atoms with E-state index in [1.807, 2.05) is 0 Å². The average molecular weight is 434 g/mol. The molecule has 0 unspecified atom stereocenters. The van der Waals surface area contributed by atoms with Gasteiger partial charge in [-0.1, -0.05) is 10.4 Å². The Kier molecular flexibility index (Phi) is 9.61. The van der Waals surface area contributed by atoms with Crippen molar-refractivity contribution in [1.82, 2.24) is 20.6 Å². The molecule has 0 radical (unpaired) electrons. The van der Waals surface area contributed by atoms with E-state index in [-0.39, 0.29) is 125 Å². The summed E-state index contributed by atoms with van der Waals surface area (Å²) in [6, 6.07) is 7.95. The number of hydrogen-bond acceptors (Lipinski definition) is 8. The first kappa shape index (κ1) is 25.1. The Morgan fingerprint density at radius 1 is 0.750 bits per heavy atom. The molecule has 4 rings (SSSR count). The van der Waals surface area contributed by atoms with Crippen LogP contribution in [0.1, 0.15) is 20.7 Å². The quantitative estimate of drug-likeness (QED) is 0.176. The van der Waals surface area contributed by atoms with Gasteiger partial charge in [-0.25, -0.2) is 0 Å². The van der Waals surface area contributed by atoms with Gasteiger partial charge in [-0.3, -0.25) is 0 Å². The Bertz CT molecular complexity index is 1050. The summed E-state index contributed by atoms with van der Waals surface area (Å²) in [5.41, 5.74) is 1.11. The van der Waals surface area contributed by atoms with Gasteiger partial charge in [0.15, 0.2) is 0 Å². The average Bonchev–Trinajstić information content (AvgIpc) is 3.18. The minimum absolute atomic E-state index is 0. The molecule has 14 heteroatoms. The van der Waals surface area contributed by atoms with Crippen molar-refractivity contribution in [2.24, 2.45) is 0 Å². The van der Waals surface area contributed by atoms with E-state index in [0.717, 1.165) is 0 Å². The number of benzene rings is 2. The number of nitrogens with zero attached hydrogens (tertiary/aromatic N) is 4. The van der Waals surface area contributed by atoms with Crippen molar-refractivity contribution < 1.29 is 132 Å². The monoisotopic (exact) mass is 434 g/mol. The topological polar surface area (TPSA) is 191 Å². The third-order valence-electron chi connectivity index (χ3n) is 3.38. The number of carboxylic acid groups (broad SMARTS) is 2. The van der Waals surface area contributed by atoms with Crippen LogP contribution in [0.15, 0.2) is 36.4 Å². The van der Waals surface area contributed by atoms with Crippen LogP contribution in [0.4, 0.5) is 0 Å². The summed E-state index contributed by atoms with van der Waals surface area (Å²) < 4.78 is 0. The molecule has 0 spiro atoms. The van der Waals surface area contributed by atoms with Crippen LogP contribution in [-0.4, -0.2) is 32.6 Å². The molecule has 4 aromatic rings. The minimum atomic E-state index is -1.32. The summed E-state index contributed by atoms with van der Waals surface area (Å²) in [6.07, 6.45) is 0. The van der Waals surface area contributed by atoms with Crippen LogP contribution in [0, 0.1) is 10.4 Å². The fourth-order valence-electron chi connectivity index (χ4n) is 2.12. The molecule has 0 saturated carbocycles. The summed E-state index contributed by atoms with van der Waals surface area (Å²) in [5, 5.41) is 54.3. The van der Waals surface area contributed by atoms with Crippen molar-refractivity contribution in [3.8, 4) is 0 Å². The molecule has 2 aromatic heterocycles. The standard InChI is InChI=1S/2C7H5N3O3.2K/c2*11-7(12)4-1-2-5-6(3-4)10(13)9-8-5;;/h2*1-3,9H,(H,11,12);;/q;;2*+1/p-2. The number of rotatable bonds is 2. The van der Waals surface area contributed by atoms with Gasteiger partial charge in [0.05, 0.1) is 11.9 Å². The number of carboxylic acids is 2. The van der Waals surface area contributed by atoms with Crippen molar-refractivity contribution in [2.45, 2.75) is 0 Å². The zero-order valence-corrected chi connectivity index (χ0v) is 20.9. The first-order valence-electron chi connectivity index (χ1n) is 6.95. The van der Waals surface area contributed by atoms with Gasteiger partial charge in [0, 0.05) is 33.5 Å². The molecule has 0 aliphatic carbocycles. The third-order valence-corrected chi connectivity index (χ3v) is 3.38. The summed E-state index contributed by atoms with van der Waals surface area (Å²) in [7, 11) is 0. The van der Waals surface area contributed by atoms with Gasteiger partial charge < -0.3 is 30.2 Å². The number of aromatic nitrogens is 6. The molecule has 0 saturated heterocycles. The van der Waals surface area contributed by atoms with E-state index in [4.69, 9.17) is 0 Å². The smallest absolute Gasteiger partial charge is 0.692 e. The fraction of sp³-hybridized carbons (Fsp3) is 0. The molecule has 12 nitrogen and oxygen atoms in total. The van der Waals surface area contributed by atoms with Crippen molar-refractivity contribution in [3.05, 3.63) is 57.9 Å². The van der Waals surface area contributed by atoms with E-state index in [9.17, 15) is 30.2 Å². The first-order chi connectivity index (χ1) is 12.4. The van der Waals surface area contributed by atoms with Crippen LogP contribution in [-0.2, 0) is 0 Å². The van der Waals surface area contributed by atoms with E-state index in [2.05, 4.69) is 20.6 Å². The Balaban J connectivity index is 0.000000261. The van der Waals surface area contributed by atoms with Crippen LogP contribution >= 0.6 is 0 Å². The number of fused-ring (bicyclic) bond motifs is 2. The number of hydrogen-bond donors (Lipinski definition) is 2. The number of aromatic amines is 2. The summed E-state index contributed by atoms with van der Waals surface area (Å²) in [4.78, 5) is 21.6. The van der Waals surface area contributed by atoms with E-state index in [1.54, 1.807) is 0 Å². The molecule has 0 aliphatic heterocycles. The Labute approximate surface area is 240 Å². The molecule has 2 heterocycles. The molecule has 0 fully saturated rings. The maximum atomic E-state index is 10.9. The molecule has 0 aliphatic rings. The summed E-state index contributed by atoms with van der Waals surface area (Å²) in [5.74, 6) is -2.63. The summed E-state index contributed by atoms with van der Waals surface area (Å²) >= 11 is 0. The van der Waals surface area contributed by atoms with Crippen LogP contribution in [0.5, 0.6) is 0 Å². The second-order valence-corrected chi connectivity index (χ2v) is 4.99. The van der Waals surface area contributed by atoms with Crippen molar-refractivity contribution in [1.29, 1.82) is 0 Å². The van der Waals surface area contributed by atoms with Crippen LogP contribution in [0.3, 0.4) is 0 Å². The first-order valence-corrected chi connectivity index (χ1v) is 6.95. The fourth-order valence-corrected chi connectivity index (χ4v) is 2.12. The Morgan fingerprint density at radius 3 is 1.43 bits per heavy atom. The van der Waals surface area contributed by atoms with Gasteiger partial charge >= 0.3 is 103 Å². The van der Waals surface area contributed by atoms with Gasteiger partial charge in [0.2, 0.25) is 22.1 Å². The Morgan fingerprint density at radius 2 is 1.11 bits per heavy atom. The largest absolute Gasteiger partial charge is 1.00 e. The van der Waals surface area contributed by atoms with Crippen molar-refractivity contribution in [3.63, 3.8) is 0 Å². The van der Waals surface area contributed by atoms with Gasteiger partial charge in [-0.15, -0.1) is 0 Å². The molecule has 0 bridgehead atoms. The van der Waals surface area contributed by atoms with Crippen LogP contribution < -0.4 is 123 Å². The normalized spacial score (nSPS) is 9.71. The van der Waals surface area contributed by atoms with Crippen molar-refractivity contribution in [2.75, 3.05) is 0 Å². The summed E-state index contributed by atoms with van der Waals surface area (Å²) in [6.45, 7) is 0. The molecular weight excluding hydrogens is 426 g/mol. The number of nitrogens with one attached hydrogen (secondary N) is 2. The molecule has 28 heavy (non-hydrogen) atoms. The zero-order chi connectivity index (χ0) is 18.8. The predicted octanol–water partition coefficient (Wildman–Crippen LogP) is -8.87. The van der Waals surface area contributed by atoms with E-state index in [0.29, 0.717) is 20.7 Å².